The fourth-order valence-corrected chi connectivity index (χ4v) is 5.84. The number of aromatic hydroxyl groups is 1. The molecule has 13 nitrogen and oxygen atoms in total. The largest absolute Gasteiger partial charge is 0.505 e. The summed E-state index contributed by atoms with van der Waals surface area (Å²) in [4.78, 5) is 37.6. The van der Waals surface area contributed by atoms with Crippen LogP contribution in [0.2, 0.25) is 0 Å². The molecule has 1 fully saturated rings. The second-order valence-corrected chi connectivity index (χ2v) is 12.5. The zero-order valence-corrected chi connectivity index (χ0v) is 27.8. The van der Waals surface area contributed by atoms with Crippen molar-refractivity contribution in [3.8, 4) is 17.2 Å². The van der Waals surface area contributed by atoms with E-state index < -0.39 is 65.7 Å². The summed E-state index contributed by atoms with van der Waals surface area (Å²) in [6, 6.07) is 9.42. The minimum absolute atomic E-state index is 0.0310. The molecule has 0 radical (unpaired) electrons. The van der Waals surface area contributed by atoms with Crippen LogP contribution in [0.1, 0.15) is 81.6 Å². The second kappa shape index (κ2) is 16.2. The zero-order valence-electron chi connectivity index (χ0n) is 27.8. The summed E-state index contributed by atoms with van der Waals surface area (Å²) >= 11 is 0. The highest BCUT2D eigenvalue weighted by molar-refractivity contribution is 6.06. The summed E-state index contributed by atoms with van der Waals surface area (Å²) in [5.41, 5.74) is 3.10. The lowest BCUT2D eigenvalue weighted by Crippen LogP contribution is -2.62. The van der Waals surface area contributed by atoms with Crippen molar-refractivity contribution in [1.82, 2.24) is 0 Å². The maximum Gasteiger partial charge on any atom is 0.404 e. The van der Waals surface area contributed by atoms with Crippen molar-refractivity contribution >= 4 is 28.7 Å². The number of hydrogen-bond acceptors (Lipinski definition) is 11. The number of hydrogen-bond donors (Lipinski definition) is 5. The minimum Gasteiger partial charge on any atom is -0.505 e. The number of amides is 2. The van der Waals surface area contributed by atoms with Gasteiger partial charge in [0.05, 0.1) is 30.1 Å². The van der Waals surface area contributed by atoms with Crippen LogP contribution in [0, 0.1) is 12.8 Å². The number of fused-ring (bicyclic) bond motifs is 1. The summed E-state index contributed by atoms with van der Waals surface area (Å²) in [5, 5.41) is 34.4. The number of carbonyl (C=O) groups excluding carboxylic acids is 2. The molecule has 0 aliphatic carbocycles. The normalized spacial score (nSPS) is 20.3. The van der Waals surface area contributed by atoms with E-state index in [1.165, 1.54) is 37.8 Å². The van der Waals surface area contributed by atoms with Gasteiger partial charge in [-0.05, 0) is 57.5 Å². The molecule has 4 atom stereocenters. The van der Waals surface area contributed by atoms with Crippen molar-refractivity contribution in [2.75, 3.05) is 18.5 Å². The van der Waals surface area contributed by atoms with E-state index in [1.54, 1.807) is 45.0 Å². The first kappa shape index (κ1) is 36.5. The number of unbranched alkanes of at least 4 members (excludes halogenated alkanes) is 6. The summed E-state index contributed by atoms with van der Waals surface area (Å²) < 4.78 is 28.3. The molecular formula is C35H46N2O11. The second-order valence-electron chi connectivity index (χ2n) is 12.5. The van der Waals surface area contributed by atoms with Gasteiger partial charge in [0.2, 0.25) is 6.29 Å². The van der Waals surface area contributed by atoms with Crippen LogP contribution >= 0.6 is 0 Å². The lowest BCUT2D eigenvalue weighted by molar-refractivity contribution is -0.290. The number of primary amides is 1. The van der Waals surface area contributed by atoms with E-state index in [0.717, 1.165) is 19.3 Å². The number of anilines is 1. The van der Waals surface area contributed by atoms with Crippen molar-refractivity contribution in [2.45, 2.75) is 96.7 Å². The molecule has 6 N–H and O–H groups in total. The van der Waals surface area contributed by atoms with Gasteiger partial charge < -0.3 is 49.7 Å². The molecule has 1 saturated heterocycles. The Labute approximate surface area is 278 Å². The number of benzene rings is 2. The summed E-state index contributed by atoms with van der Waals surface area (Å²) in [7, 11) is 0. The predicted octanol–water partition coefficient (Wildman–Crippen LogP) is 5.14. The molecule has 13 heteroatoms. The van der Waals surface area contributed by atoms with Gasteiger partial charge in [0.25, 0.3) is 5.91 Å². The standard InChI is InChI=1S/C35H46N2O11/c1-5-6-7-8-9-10-11-17-44-22-14-12-13-21(18-22)31(41)37-26-27(39)23-15-16-25(20(2)29(23)46-32(26)42)45-33-28(40)30(47-34(36)43)24(19-38)35(3,4)48-33/h12-16,18,24,28,30,33,38-40H,5-11,17,19H2,1-4H3,(H2,36,43)(H,37,41)/t24-,28-,30-,33-/m1/s1. The van der Waals surface area contributed by atoms with E-state index in [0.29, 0.717) is 12.4 Å². The van der Waals surface area contributed by atoms with Crippen LogP contribution < -0.4 is 26.1 Å². The van der Waals surface area contributed by atoms with Crippen LogP contribution in [0.5, 0.6) is 17.2 Å². The third-order valence-electron chi connectivity index (χ3n) is 8.62. The van der Waals surface area contributed by atoms with Gasteiger partial charge in [-0.15, -0.1) is 0 Å². The highest BCUT2D eigenvalue weighted by Gasteiger charge is 2.52. The molecule has 0 spiro atoms. The zero-order chi connectivity index (χ0) is 35.0. The van der Waals surface area contributed by atoms with Crippen molar-refractivity contribution in [2.24, 2.45) is 11.7 Å². The molecule has 3 aromatic rings. The van der Waals surface area contributed by atoms with Crippen molar-refractivity contribution < 1.29 is 48.3 Å². The molecule has 2 heterocycles. The quantitative estimate of drug-likeness (QED) is 0.106. The number of aliphatic hydroxyl groups is 2. The monoisotopic (exact) mass is 670 g/mol. The molecular weight excluding hydrogens is 624 g/mol. The number of aliphatic hydroxyl groups excluding tert-OH is 2. The van der Waals surface area contributed by atoms with Crippen LogP contribution in [0.3, 0.4) is 0 Å². The Kier molecular flexibility index (Phi) is 12.3. The van der Waals surface area contributed by atoms with E-state index in [4.69, 9.17) is 29.1 Å². The van der Waals surface area contributed by atoms with Gasteiger partial charge in [0.1, 0.15) is 23.2 Å². The van der Waals surface area contributed by atoms with Gasteiger partial charge in [-0.1, -0.05) is 51.5 Å². The molecule has 0 bridgehead atoms. The van der Waals surface area contributed by atoms with Crippen LogP contribution in [0.15, 0.2) is 45.6 Å². The fourth-order valence-electron chi connectivity index (χ4n) is 5.84. The first-order valence-corrected chi connectivity index (χ1v) is 16.3. The molecule has 2 amide bonds. The van der Waals surface area contributed by atoms with Crippen molar-refractivity contribution in [3.63, 3.8) is 0 Å². The molecule has 1 aromatic heterocycles. The van der Waals surface area contributed by atoms with E-state index in [1.807, 2.05) is 0 Å². The molecule has 48 heavy (non-hydrogen) atoms. The number of nitrogens with one attached hydrogen (secondary N) is 1. The van der Waals surface area contributed by atoms with Crippen LogP contribution in [-0.4, -0.2) is 64.6 Å². The first-order chi connectivity index (χ1) is 22.9. The molecule has 262 valence electrons. The van der Waals surface area contributed by atoms with Crippen LogP contribution in [0.25, 0.3) is 11.0 Å². The molecule has 4 rings (SSSR count). The Morgan fingerprint density at radius 2 is 1.77 bits per heavy atom. The Bertz CT molecular complexity index is 1640. The van der Waals surface area contributed by atoms with Gasteiger partial charge in [-0.25, -0.2) is 9.59 Å². The van der Waals surface area contributed by atoms with Gasteiger partial charge in [-0.2, -0.15) is 0 Å². The van der Waals surface area contributed by atoms with Crippen LogP contribution in [0.4, 0.5) is 10.5 Å². The molecule has 1 aliphatic rings. The van der Waals surface area contributed by atoms with Crippen LogP contribution in [-0.2, 0) is 9.47 Å². The lowest BCUT2D eigenvalue weighted by atomic mass is 9.81. The number of nitrogens with two attached hydrogens (primary N) is 1. The van der Waals surface area contributed by atoms with E-state index in [2.05, 4.69) is 12.2 Å². The van der Waals surface area contributed by atoms with E-state index in [9.17, 15) is 29.7 Å². The SMILES string of the molecule is CCCCCCCCCOc1cccc(C(=O)Nc2c(O)c3ccc(O[C@@H]4OC(C)(C)[C@H](CO)[C@@H](OC(N)=O)[C@H]4O)c(C)c3oc2=O)c1. The van der Waals surface area contributed by atoms with Gasteiger partial charge in [0, 0.05) is 11.1 Å². The Morgan fingerprint density at radius 1 is 1.06 bits per heavy atom. The predicted molar refractivity (Wildman–Crippen MR) is 177 cm³/mol. The fraction of sp³-hybridized carbons (Fsp3) is 0.514. The Morgan fingerprint density at radius 3 is 2.46 bits per heavy atom. The summed E-state index contributed by atoms with van der Waals surface area (Å²) in [6.45, 7) is 7.07. The molecule has 0 unspecified atom stereocenters. The maximum absolute atomic E-state index is 13.1. The lowest BCUT2D eigenvalue weighted by Gasteiger charge is -2.47. The number of carbonyl (C=O) groups is 2. The summed E-state index contributed by atoms with van der Waals surface area (Å²) in [5.74, 6) is -1.33. The minimum atomic E-state index is -1.54. The van der Waals surface area contributed by atoms with Crippen molar-refractivity contribution in [3.05, 3.63) is 57.9 Å². The smallest absolute Gasteiger partial charge is 0.404 e. The molecule has 0 saturated carbocycles. The Balaban J connectivity index is 1.47. The number of aryl methyl sites for hydroxylation is 1. The van der Waals surface area contributed by atoms with E-state index in [-0.39, 0.29) is 27.8 Å². The molecule has 1 aliphatic heterocycles. The third kappa shape index (κ3) is 8.57. The first-order valence-electron chi connectivity index (χ1n) is 16.3. The Hall–Kier alpha value is -4.33. The van der Waals surface area contributed by atoms with Crippen molar-refractivity contribution in [1.29, 1.82) is 0 Å². The molecule has 2 aromatic carbocycles. The average Bonchev–Trinajstić information content (AvgIpc) is 3.04. The third-order valence-corrected chi connectivity index (χ3v) is 8.62. The highest BCUT2D eigenvalue weighted by atomic mass is 16.7. The number of rotatable bonds is 15. The van der Waals surface area contributed by atoms with E-state index >= 15 is 0 Å². The average molecular weight is 671 g/mol. The summed E-state index contributed by atoms with van der Waals surface area (Å²) in [6.07, 6.45) is 2.76. The van der Waals surface area contributed by atoms with Gasteiger partial charge in [-0.3, -0.25) is 4.79 Å². The number of ether oxygens (including phenoxy) is 4. The topological polar surface area (TPSA) is 200 Å². The van der Waals surface area contributed by atoms with Gasteiger partial charge >= 0.3 is 11.7 Å². The van der Waals surface area contributed by atoms with Gasteiger partial charge in [0.15, 0.2) is 17.5 Å². The highest BCUT2D eigenvalue weighted by Crippen LogP contribution is 2.39. The maximum atomic E-state index is 13.1.